The van der Waals surface area contributed by atoms with Crippen LogP contribution < -0.4 is 10.1 Å². The number of nitrogens with zero attached hydrogens (tertiary/aromatic N) is 2. The van der Waals surface area contributed by atoms with Gasteiger partial charge in [-0.1, -0.05) is 42.5 Å². The summed E-state index contributed by atoms with van der Waals surface area (Å²) in [5.74, 6) is 0.387. The molecular weight excluding hydrogens is 416 g/mol. The third-order valence-electron chi connectivity index (χ3n) is 5.13. The molecule has 0 atom stereocenters. The maximum atomic E-state index is 13.1. The van der Waals surface area contributed by atoms with Crippen LogP contribution in [0.3, 0.4) is 0 Å². The highest BCUT2D eigenvalue weighted by Crippen LogP contribution is 2.34. The smallest absolute Gasteiger partial charge is 0.252 e. The summed E-state index contributed by atoms with van der Waals surface area (Å²) < 4.78 is 11.1. The van der Waals surface area contributed by atoms with Gasteiger partial charge in [0.05, 0.1) is 29.1 Å². The predicted molar refractivity (Wildman–Crippen MR) is 127 cm³/mol. The number of carbonyl (C=O) groups is 1. The van der Waals surface area contributed by atoms with E-state index in [-0.39, 0.29) is 5.91 Å². The highest BCUT2D eigenvalue weighted by molar-refractivity contribution is 6.02. The van der Waals surface area contributed by atoms with Gasteiger partial charge in [-0.25, -0.2) is 0 Å². The van der Waals surface area contributed by atoms with E-state index in [4.69, 9.17) is 9.47 Å². The monoisotopic (exact) mass is 442 g/mol. The molecule has 0 saturated carbocycles. The SMILES string of the molecule is COCCOc1cccc(C(=O)NCCc2ccccn2)c1-c1cc(-c2ccccc2)[nH]n1. The van der Waals surface area contributed by atoms with Crippen molar-refractivity contribution in [3.05, 3.63) is 90.3 Å². The molecule has 4 rings (SSSR count). The van der Waals surface area contributed by atoms with Crippen molar-refractivity contribution in [1.82, 2.24) is 20.5 Å². The first-order valence-electron chi connectivity index (χ1n) is 10.8. The van der Waals surface area contributed by atoms with E-state index in [1.54, 1.807) is 19.4 Å². The van der Waals surface area contributed by atoms with Gasteiger partial charge in [-0.3, -0.25) is 14.9 Å². The molecular formula is C26H26N4O3. The van der Waals surface area contributed by atoms with Crippen molar-refractivity contribution in [2.75, 3.05) is 26.9 Å². The van der Waals surface area contributed by atoms with Gasteiger partial charge in [-0.05, 0) is 35.9 Å². The lowest BCUT2D eigenvalue weighted by atomic mass is 10.0. The molecule has 0 aliphatic rings. The number of ether oxygens (including phenoxy) is 2. The first-order valence-corrected chi connectivity index (χ1v) is 10.8. The number of methoxy groups -OCH3 is 1. The second-order valence-corrected chi connectivity index (χ2v) is 7.38. The molecule has 1 amide bonds. The zero-order valence-electron chi connectivity index (χ0n) is 18.5. The van der Waals surface area contributed by atoms with Crippen LogP contribution in [0.25, 0.3) is 22.5 Å². The Morgan fingerprint density at radius 1 is 1.00 bits per heavy atom. The number of aromatic nitrogens is 3. The van der Waals surface area contributed by atoms with Gasteiger partial charge in [0, 0.05) is 32.0 Å². The first-order chi connectivity index (χ1) is 16.3. The Kier molecular flexibility index (Phi) is 7.45. The molecule has 0 bridgehead atoms. The average molecular weight is 443 g/mol. The van der Waals surface area contributed by atoms with Gasteiger partial charge in [0.1, 0.15) is 12.4 Å². The Hall–Kier alpha value is -3.97. The molecule has 2 N–H and O–H groups in total. The van der Waals surface area contributed by atoms with Crippen LogP contribution in [-0.2, 0) is 11.2 Å². The van der Waals surface area contributed by atoms with Crippen LogP contribution in [0.5, 0.6) is 5.75 Å². The first kappa shape index (κ1) is 22.2. The summed E-state index contributed by atoms with van der Waals surface area (Å²) in [5, 5.41) is 10.6. The van der Waals surface area contributed by atoms with Crippen molar-refractivity contribution in [1.29, 1.82) is 0 Å². The fourth-order valence-corrected chi connectivity index (χ4v) is 3.50. The van der Waals surface area contributed by atoms with Gasteiger partial charge in [0.15, 0.2) is 0 Å². The Bertz CT molecular complexity index is 1180. The zero-order valence-corrected chi connectivity index (χ0v) is 18.5. The van der Waals surface area contributed by atoms with Crippen LogP contribution in [0, 0.1) is 0 Å². The molecule has 0 radical (unpaired) electrons. The maximum Gasteiger partial charge on any atom is 0.252 e. The number of aromatic amines is 1. The molecule has 0 aliphatic heterocycles. The van der Waals surface area contributed by atoms with Crippen LogP contribution in [0.1, 0.15) is 16.1 Å². The summed E-state index contributed by atoms with van der Waals surface area (Å²) in [4.78, 5) is 17.4. The molecule has 0 aliphatic carbocycles. The van der Waals surface area contributed by atoms with Crippen LogP contribution in [0.15, 0.2) is 79.0 Å². The molecule has 7 heteroatoms. The summed E-state index contributed by atoms with van der Waals surface area (Å²) in [6, 6.07) is 23.0. The van der Waals surface area contributed by atoms with Crippen molar-refractivity contribution < 1.29 is 14.3 Å². The summed E-state index contributed by atoms with van der Waals surface area (Å²) in [6.07, 6.45) is 2.39. The Balaban J connectivity index is 1.60. The minimum absolute atomic E-state index is 0.192. The van der Waals surface area contributed by atoms with Crippen LogP contribution in [0.2, 0.25) is 0 Å². The Morgan fingerprint density at radius 2 is 1.85 bits per heavy atom. The lowest BCUT2D eigenvalue weighted by Gasteiger charge is -2.14. The number of rotatable bonds is 10. The quantitative estimate of drug-likeness (QED) is 0.361. The van der Waals surface area contributed by atoms with Gasteiger partial charge >= 0.3 is 0 Å². The van der Waals surface area contributed by atoms with Crippen molar-refractivity contribution in [3.8, 4) is 28.3 Å². The number of nitrogens with one attached hydrogen (secondary N) is 2. The Morgan fingerprint density at radius 3 is 2.64 bits per heavy atom. The zero-order chi connectivity index (χ0) is 22.9. The lowest BCUT2D eigenvalue weighted by Crippen LogP contribution is -2.26. The van der Waals surface area contributed by atoms with E-state index in [1.165, 1.54) is 0 Å². The standard InChI is InChI=1S/C26H26N4O3/c1-32-16-17-33-24-12-7-11-21(26(31)28-15-13-20-10-5-6-14-27-20)25(24)23-18-22(29-30-23)19-8-3-2-4-9-19/h2-12,14,18H,13,15-17H2,1H3,(H,28,31)(H,29,30). The predicted octanol–water partition coefficient (Wildman–Crippen LogP) is 4.14. The number of hydrogen-bond acceptors (Lipinski definition) is 5. The van der Waals surface area contributed by atoms with Crippen molar-refractivity contribution >= 4 is 5.91 Å². The minimum Gasteiger partial charge on any atom is -0.490 e. The molecule has 2 aromatic carbocycles. The van der Waals surface area contributed by atoms with E-state index >= 15 is 0 Å². The summed E-state index contributed by atoms with van der Waals surface area (Å²) in [6.45, 7) is 1.28. The fraction of sp³-hybridized carbons (Fsp3) is 0.192. The number of amides is 1. The van der Waals surface area contributed by atoms with Crippen LogP contribution >= 0.6 is 0 Å². The van der Waals surface area contributed by atoms with E-state index < -0.39 is 0 Å². The molecule has 0 spiro atoms. The van der Waals surface area contributed by atoms with Gasteiger partial charge in [-0.2, -0.15) is 5.10 Å². The van der Waals surface area contributed by atoms with E-state index in [0.717, 1.165) is 17.0 Å². The normalized spacial score (nSPS) is 10.7. The molecule has 4 aromatic rings. The number of benzene rings is 2. The lowest BCUT2D eigenvalue weighted by molar-refractivity contribution is 0.0954. The van der Waals surface area contributed by atoms with E-state index in [1.807, 2.05) is 66.7 Å². The van der Waals surface area contributed by atoms with Gasteiger partial charge in [0.25, 0.3) is 5.91 Å². The number of carbonyl (C=O) groups excluding carboxylic acids is 1. The molecule has 7 nitrogen and oxygen atoms in total. The highest BCUT2D eigenvalue weighted by atomic mass is 16.5. The summed E-state index contributed by atoms with van der Waals surface area (Å²) >= 11 is 0. The van der Waals surface area contributed by atoms with Crippen molar-refractivity contribution in [3.63, 3.8) is 0 Å². The average Bonchev–Trinajstić information content (AvgIpc) is 3.35. The maximum absolute atomic E-state index is 13.1. The second kappa shape index (κ2) is 11.1. The Labute approximate surface area is 192 Å². The van der Waals surface area contributed by atoms with Crippen LogP contribution in [0.4, 0.5) is 0 Å². The highest BCUT2D eigenvalue weighted by Gasteiger charge is 2.20. The van der Waals surface area contributed by atoms with Crippen LogP contribution in [-0.4, -0.2) is 48.0 Å². The van der Waals surface area contributed by atoms with E-state index in [0.29, 0.717) is 48.7 Å². The second-order valence-electron chi connectivity index (χ2n) is 7.38. The fourth-order valence-electron chi connectivity index (χ4n) is 3.50. The third kappa shape index (κ3) is 5.64. The summed E-state index contributed by atoms with van der Waals surface area (Å²) in [7, 11) is 1.62. The van der Waals surface area contributed by atoms with Gasteiger partial charge < -0.3 is 14.8 Å². The molecule has 33 heavy (non-hydrogen) atoms. The number of H-pyrrole nitrogens is 1. The van der Waals surface area contributed by atoms with Crippen molar-refractivity contribution in [2.24, 2.45) is 0 Å². The molecule has 2 heterocycles. The van der Waals surface area contributed by atoms with E-state index in [9.17, 15) is 4.79 Å². The molecule has 2 aromatic heterocycles. The van der Waals surface area contributed by atoms with Gasteiger partial charge in [-0.15, -0.1) is 0 Å². The molecule has 0 saturated heterocycles. The minimum atomic E-state index is -0.192. The largest absolute Gasteiger partial charge is 0.490 e. The van der Waals surface area contributed by atoms with Gasteiger partial charge in [0.2, 0.25) is 0 Å². The van der Waals surface area contributed by atoms with E-state index in [2.05, 4.69) is 20.5 Å². The third-order valence-corrected chi connectivity index (χ3v) is 5.13. The molecule has 0 fully saturated rings. The summed E-state index contributed by atoms with van der Waals surface area (Å²) in [5.41, 5.74) is 4.57. The number of pyridine rings is 1. The van der Waals surface area contributed by atoms with Crippen molar-refractivity contribution in [2.45, 2.75) is 6.42 Å². The topological polar surface area (TPSA) is 89.1 Å². The molecule has 168 valence electrons. The molecule has 0 unspecified atom stereocenters. The number of hydrogen-bond donors (Lipinski definition) is 2.